The second-order valence-corrected chi connectivity index (χ2v) is 9.94. The Balaban J connectivity index is 1.66. The number of anilines is 2. The van der Waals surface area contributed by atoms with Gasteiger partial charge < -0.3 is 29.5 Å². The molecule has 32 heavy (non-hydrogen) atoms. The van der Waals surface area contributed by atoms with Gasteiger partial charge >= 0.3 is 6.09 Å². The van der Waals surface area contributed by atoms with Crippen LogP contribution in [0.3, 0.4) is 0 Å². The summed E-state index contributed by atoms with van der Waals surface area (Å²) in [6.07, 6.45) is 2.82. The minimum atomic E-state index is -0.521. The molecule has 1 amide bonds. The Morgan fingerprint density at radius 1 is 1.34 bits per heavy atom. The minimum absolute atomic E-state index is 0.126. The third kappa shape index (κ3) is 4.40. The summed E-state index contributed by atoms with van der Waals surface area (Å²) in [4.78, 5) is 21.6. The molecule has 1 N–H and O–H groups in total. The molecule has 2 aliphatic rings. The zero-order valence-electron chi connectivity index (χ0n) is 19.4. The molecule has 174 valence electrons. The molecule has 2 aliphatic heterocycles. The molecule has 2 atom stereocenters. The number of fused-ring (bicyclic) bond motifs is 2. The Bertz CT molecular complexity index is 1030. The first-order valence-corrected chi connectivity index (χ1v) is 11.1. The van der Waals surface area contributed by atoms with Gasteiger partial charge in [-0.2, -0.15) is 0 Å². The number of amides is 1. The van der Waals surface area contributed by atoms with E-state index in [0.29, 0.717) is 25.6 Å². The summed E-state index contributed by atoms with van der Waals surface area (Å²) < 4.78 is 7.66. The van der Waals surface area contributed by atoms with E-state index in [2.05, 4.69) is 15.5 Å². The van der Waals surface area contributed by atoms with E-state index >= 15 is 0 Å². The molecule has 0 radical (unpaired) electrons. The van der Waals surface area contributed by atoms with Crippen molar-refractivity contribution in [2.24, 2.45) is 5.92 Å². The smallest absolute Gasteiger partial charge is 0.410 e. The van der Waals surface area contributed by atoms with Crippen LogP contribution in [0.25, 0.3) is 11.0 Å². The van der Waals surface area contributed by atoms with Crippen molar-refractivity contribution in [1.82, 2.24) is 14.5 Å². The van der Waals surface area contributed by atoms with Crippen LogP contribution in [0.5, 0.6) is 0 Å². The van der Waals surface area contributed by atoms with Crippen LogP contribution in [0.2, 0.25) is 0 Å². The zero-order valence-corrected chi connectivity index (χ0v) is 19.4. The Hall–Kier alpha value is -2.78. The van der Waals surface area contributed by atoms with Gasteiger partial charge in [0.15, 0.2) is 0 Å². The van der Waals surface area contributed by atoms with Crippen LogP contribution in [0, 0.1) is 11.1 Å². The number of nitrogens with zero attached hydrogens (tertiary/aromatic N) is 5. The van der Waals surface area contributed by atoms with Crippen molar-refractivity contribution in [3.8, 4) is 0 Å². The Kier molecular flexibility index (Phi) is 5.81. The van der Waals surface area contributed by atoms with Crippen LogP contribution in [0.1, 0.15) is 41.0 Å². The molecule has 0 spiro atoms. The Labute approximate surface area is 188 Å². The summed E-state index contributed by atoms with van der Waals surface area (Å²) in [5.41, 5.74) is 2.37. The molecule has 1 aromatic carbocycles. The van der Waals surface area contributed by atoms with Crippen molar-refractivity contribution in [2.75, 3.05) is 29.8 Å². The van der Waals surface area contributed by atoms with E-state index in [1.807, 2.05) is 34.6 Å². The van der Waals surface area contributed by atoms with Crippen molar-refractivity contribution >= 4 is 28.8 Å². The van der Waals surface area contributed by atoms with Gasteiger partial charge in [0.05, 0.1) is 22.8 Å². The number of hydrogen-bond acceptors (Lipinski definition) is 7. The van der Waals surface area contributed by atoms with Gasteiger partial charge in [-0.25, -0.2) is 9.78 Å². The first-order valence-electron chi connectivity index (χ1n) is 11.1. The fourth-order valence-electron chi connectivity index (χ4n) is 4.58. The average Bonchev–Trinajstić information content (AvgIpc) is 3.36. The van der Waals surface area contributed by atoms with Crippen LogP contribution < -0.4 is 10.1 Å². The lowest BCUT2D eigenvalue weighted by atomic mass is 10.1. The van der Waals surface area contributed by atoms with Crippen molar-refractivity contribution in [3.63, 3.8) is 0 Å². The highest BCUT2D eigenvalue weighted by Gasteiger charge is 2.45. The summed E-state index contributed by atoms with van der Waals surface area (Å²) in [5, 5.41) is 20.7. The molecule has 9 heteroatoms. The van der Waals surface area contributed by atoms with Crippen molar-refractivity contribution in [2.45, 2.75) is 59.2 Å². The maximum Gasteiger partial charge on any atom is 0.410 e. The lowest BCUT2D eigenvalue weighted by Crippen LogP contribution is -2.40. The average molecular weight is 443 g/mol. The van der Waals surface area contributed by atoms with Crippen LogP contribution in [0.15, 0.2) is 29.8 Å². The molecular weight excluding hydrogens is 410 g/mol. The van der Waals surface area contributed by atoms with Gasteiger partial charge in [0.25, 0.3) is 0 Å². The highest BCUT2D eigenvalue weighted by Crippen LogP contribution is 2.37. The number of allylic oxidation sites excluding steroid dienone is 2. The van der Waals surface area contributed by atoms with Gasteiger partial charge in [-0.05, 0) is 59.2 Å². The molecule has 0 aliphatic carbocycles. The molecular formula is C23H32N5O4-. The monoisotopic (exact) mass is 442 g/mol. The fraction of sp³-hybridized carbons (Fsp3) is 0.565. The number of rotatable bonds is 4. The SMILES string of the molecule is CC(C)=CCn1c(N2CCC3CN(C(=O)OC(C)(C)C)CC32)nc2ccc(N([O-])O)cc21. The second kappa shape index (κ2) is 8.29. The van der Waals surface area contributed by atoms with Crippen LogP contribution >= 0.6 is 0 Å². The van der Waals surface area contributed by atoms with Crippen LogP contribution in [-0.2, 0) is 11.3 Å². The van der Waals surface area contributed by atoms with Crippen molar-refractivity contribution < 1.29 is 14.7 Å². The quantitative estimate of drug-likeness (QED) is 0.561. The predicted octanol–water partition coefficient (Wildman–Crippen LogP) is 4.14. The van der Waals surface area contributed by atoms with Crippen molar-refractivity contribution in [1.29, 1.82) is 0 Å². The molecule has 2 fully saturated rings. The van der Waals surface area contributed by atoms with E-state index in [4.69, 9.17) is 9.72 Å². The molecule has 9 nitrogen and oxygen atoms in total. The molecule has 1 aromatic heterocycles. The molecule has 4 rings (SSSR count). The van der Waals surface area contributed by atoms with E-state index in [1.165, 1.54) is 5.57 Å². The van der Waals surface area contributed by atoms with E-state index in [9.17, 15) is 15.2 Å². The number of hydrogen-bond donors (Lipinski definition) is 1. The number of carbonyl (C=O) groups is 1. The molecule has 2 aromatic rings. The summed E-state index contributed by atoms with van der Waals surface area (Å²) >= 11 is 0. The maximum absolute atomic E-state index is 12.6. The zero-order chi connectivity index (χ0) is 23.2. The van der Waals surface area contributed by atoms with E-state index < -0.39 is 5.60 Å². The van der Waals surface area contributed by atoms with Gasteiger partial charge in [0, 0.05) is 32.1 Å². The first-order chi connectivity index (χ1) is 15.0. The summed E-state index contributed by atoms with van der Waals surface area (Å²) in [6, 6.07) is 5.14. The molecule has 0 bridgehead atoms. The van der Waals surface area contributed by atoms with Gasteiger partial charge in [-0.1, -0.05) is 11.6 Å². The Morgan fingerprint density at radius 2 is 2.09 bits per heavy atom. The standard InChI is InChI=1S/C23H32N5O4/c1-15(2)8-10-26-19-12-17(28(30)31)6-7-18(19)24-21(26)27-11-9-16-13-25(14-20(16)27)22(29)32-23(3,4)5/h6-8,12,16,20,30H,9-11,13-14H2,1-5H3/q-1. The third-order valence-electron chi connectivity index (χ3n) is 6.07. The largest absolute Gasteiger partial charge is 0.733 e. The van der Waals surface area contributed by atoms with Crippen LogP contribution in [-0.4, -0.2) is 57.0 Å². The third-order valence-corrected chi connectivity index (χ3v) is 6.07. The highest BCUT2D eigenvalue weighted by atomic mass is 16.8. The number of aromatic nitrogens is 2. The molecule has 0 saturated carbocycles. The first kappa shape index (κ1) is 22.4. The van der Waals surface area contributed by atoms with Crippen LogP contribution in [0.4, 0.5) is 16.4 Å². The minimum Gasteiger partial charge on any atom is -0.733 e. The lowest BCUT2D eigenvalue weighted by Gasteiger charge is -2.28. The molecule has 2 saturated heterocycles. The van der Waals surface area contributed by atoms with E-state index in [0.717, 1.165) is 29.9 Å². The summed E-state index contributed by atoms with van der Waals surface area (Å²) in [5.74, 6) is 1.19. The predicted molar refractivity (Wildman–Crippen MR) is 124 cm³/mol. The van der Waals surface area contributed by atoms with E-state index in [1.54, 1.807) is 23.1 Å². The topological polar surface area (TPSA) is 97.1 Å². The second-order valence-electron chi connectivity index (χ2n) is 9.94. The van der Waals surface area contributed by atoms with Gasteiger partial charge in [0.1, 0.15) is 5.60 Å². The molecule has 2 unspecified atom stereocenters. The normalized spacial score (nSPS) is 20.6. The summed E-state index contributed by atoms with van der Waals surface area (Å²) in [6.45, 7) is 12.5. The van der Waals surface area contributed by atoms with E-state index in [-0.39, 0.29) is 23.0 Å². The number of ether oxygens (including phenoxy) is 1. The summed E-state index contributed by atoms with van der Waals surface area (Å²) in [7, 11) is 0. The maximum atomic E-state index is 12.6. The molecule has 3 heterocycles. The number of imidazole rings is 1. The number of benzene rings is 1. The van der Waals surface area contributed by atoms with Gasteiger partial charge in [0.2, 0.25) is 5.95 Å². The van der Waals surface area contributed by atoms with Crippen molar-refractivity contribution in [3.05, 3.63) is 35.1 Å². The van der Waals surface area contributed by atoms with Gasteiger partial charge in [-0.3, -0.25) is 5.21 Å². The Morgan fingerprint density at radius 3 is 2.75 bits per heavy atom. The number of carbonyl (C=O) groups excluding carboxylic acids is 1. The highest BCUT2D eigenvalue weighted by molar-refractivity contribution is 5.83. The fourth-order valence-corrected chi connectivity index (χ4v) is 4.58. The van der Waals surface area contributed by atoms with Gasteiger partial charge in [-0.15, -0.1) is 0 Å². The lowest BCUT2D eigenvalue weighted by molar-refractivity contribution is 0.0284. The number of likely N-dealkylation sites (tertiary alicyclic amines) is 1.